The Morgan fingerprint density at radius 2 is 2.04 bits per heavy atom. The molecule has 0 N–H and O–H groups in total. The first-order valence-electron chi connectivity index (χ1n) is 8.24. The topological polar surface area (TPSA) is 52.6 Å². The van der Waals surface area contributed by atoms with Crippen molar-refractivity contribution in [2.24, 2.45) is 0 Å². The van der Waals surface area contributed by atoms with Crippen molar-refractivity contribution in [3.8, 4) is 0 Å². The van der Waals surface area contributed by atoms with E-state index in [1.807, 2.05) is 38.1 Å². The third kappa shape index (κ3) is 5.17. The Hall–Kier alpha value is -2.20. The fourth-order valence-electron chi connectivity index (χ4n) is 2.74. The number of aryl methyl sites for hydroxylation is 1. The lowest BCUT2D eigenvalue weighted by Crippen LogP contribution is -2.23. The van der Waals surface area contributed by atoms with Crippen LogP contribution in [-0.2, 0) is 14.3 Å². The number of rotatable bonds is 7. The minimum Gasteiger partial charge on any atom is -0.456 e. The van der Waals surface area contributed by atoms with Gasteiger partial charge in [-0.2, -0.15) is 0 Å². The highest BCUT2D eigenvalue weighted by Gasteiger charge is 2.34. The van der Waals surface area contributed by atoms with E-state index in [2.05, 4.69) is 6.58 Å². The van der Waals surface area contributed by atoms with Crippen molar-refractivity contribution in [3.05, 3.63) is 60.2 Å². The molecule has 1 fully saturated rings. The Morgan fingerprint density at radius 1 is 1.33 bits per heavy atom. The molecule has 0 spiro atoms. The number of esters is 1. The van der Waals surface area contributed by atoms with Gasteiger partial charge in [0.15, 0.2) is 5.78 Å². The van der Waals surface area contributed by atoms with Crippen LogP contribution >= 0.6 is 0 Å². The summed E-state index contributed by atoms with van der Waals surface area (Å²) in [6.07, 6.45) is 5.60. The molecule has 4 heteroatoms. The fraction of sp³-hybridized carbons (Fsp3) is 0.400. The van der Waals surface area contributed by atoms with Gasteiger partial charge < -0.3 is 9.47 Å². The highest BCUT2D eigenvalue weighted by molar-refractivity contribution is 5.96. The first-order chi connectivity index (χ1) is 11.5. The van der Waals surface area contributed by atoms with Crippen LogP contribution in [0.5, 0.6) is 0 Å². The minimum absolute atomic E-state index is 0.0596. The molecule has 1 aliphatic heterocycles. The molecule has 24 heavy (non-hydrogen) atoms. The molecule has 0 saturated carbocycles. The predicted octanol–water partition coefficient (Wildman–Crippen LogP) is 3.79. The zero-order chi connectivity index (χ0) is 17.5. The summed E-state index contributed by atoms with van der Waals surface area (Å²) >= 11 is 0. The van der Waals surface area contributed by atoms with Crippen molar-refractivity contribution in [2.45, 2.75) is 51.4 Å². The second-order valence-corrected chi connectivity index (χ2v) is 6.10. The Morgan fingerprint density at radius 3 is 2.71 bits per heavy atom. The second kappa shape index (κ2) is 8.60. The van der Waals surface area contributed by atoms with Crippen LogP contribution in [0.3, 0.4) is 0 Å². The lowest BCUT2D eigenvalue weighted by Gasteiger charge is -2.13. The number of Topliss-reactive ketones (excluding diaryl/α,β-unsaturated/α-hetero) is 1. The number of benzene rings is 1. The molecule has 0 aromatic heterocycles. The summed E-state index contributed by atoms with van der Waals surface area (Å²) in [7, 11) is 0. The van der Waals surface area contributed by atoms with Crippen molar-refractivity contribution in [1.82, 2.24) is 0 Å². The molecular formula is C20H24O4. The van der Waals surface area contributed by atoms with Crippen LogP contribution in [0.2, 0.25) is 0 Å². The number of allylic oxidation sites excluding steroid dienone is 2. The van der Waals surface area contributed by atoms with Gasteiger partial charge in [-0.15, -0.1) is 0 Å². The fourth-order valence-corrected chi connectivity index (χ4v) is 2.74. The number of carbonyl (C=O) groups excluding carboxylic acids is 2. The van der Waals surface area contributed by atoms with E-state index in [4.69, 9.17) is 9.47 Å². The summed E-state index contributed by atoms with van der Waals surface area (Å²) in [6.45, 7) is 7.39. The normalized spacial score (nSPS) is 23.3. The third-order valence-electron chi connectivity index (χ3n) is 4.13. The van der Waals surface area contributed by atoms with Crippen LogP contribution in [0.25, 0.3) is 0 Å². The van der Waals surface area contributed by atoms with Crippen LogP contribution < -0.4 is 0 Å². The Labute approximate surface area is 143 Å². The van der Waals surface area contributed by atoms with Gasteiger partial charge in [0.25, 0.3) is 0 Å². The smallest absolute Gasteiger partial charge is 0.331 e. The number of ketones is 1. The maximum absolute atomic E-state index is 12.2. The summed E-state index contributed by atoms with van der Waals surface area (Å²) in [4.78, 5) is 23.8. The molecule has 0 amide bonds. The molecule has 3 unspecified atom stereocenters. The van der Waals surface area contributed by atoms with E-state index < -0.39 is 5.97 Å². The van der Waals surface area contributed by atoms with Gasteiger partial charge in [-0.05, 0) is 20.3 Å². The predicted molar refractivity (Wildman–Crippen MR) is 92.9 cm³/mol. The molecule has 2 rings (SSSR count). The van der Waals surface area contributed by atoms with Crippen LogP contribution in [0.15, 0.2) is 49.1 Å². The number of ether oxygens (including phenoxy) is 2. The highest BCUT2D eigenvalue weighted by atomic mass is 16.6. The maximum Gasteiger partial charge on any atom is 0.331 e. The Kier molecular flexibility index (Phi) is 6.50. The van der Waals surface area contributed by atoms with Crippen molar-refractivity contribution in [2.75, 3.05) is 0 Å². The zero-order valence-corrected chi connectivity index (χ0v) is 14.2. The molecule has 0 aliphatic carbocycles. The average molecular weight is 328 g/mol. The number of hydrogen-bond acceptors (Lipinski definition) is 4. The molecule has 1 aromatic carbocycles. The number of carbonyl (C=O) groups is 2. The third-order valence-corrected chi connectivity index (χ3v) is 4.13. The van der Waals surface area contributed by atoms with Gasteiger partial charge >= 0.3 is 5.97 Å². The summed E-state index contributed by atoms with van der Waals surface area (Å²) in [5, 5.41) is 0. The Balaban J connectivity index is 1.81. The van der Waals surface area contributed by atoms with Crippen LogP contribution in [0.4, 0.5) is 0 Å². The summed E-state index contributed by atoms with van der Waals surface area (Å²) < 4.78 is 11.2. The molecule has 1 saturated heterocycles. The van der Waals surface area contributed by atoms with E-state index in [0.717, 1.165) is 11.1 Å². The molecule has 0 radical (unpaired) electrons. The van der Waals surface area contributed by atoms with Gasteiger partial charge in [0.05, 0.1) is 12.2 Å². The van der Waals surface area contributed by atoms with Gasteiger partial charge in [-0.3, -0.25) is 4.79 Å². The van der Waals surface area contributed by atoms with Crippen LogP contribution in [-0.4, -0.2) is 30.1 Å². The largest absolute Gasteiger partial charge is 0.456 e. The van der Waals surface area contributed by atoms with Gasteiger partial charge in [-0.1, -0.05) is 48.6 Å². The number of hydrogen-bond donors (Lipinski definition) is 0. The van der Waals surface area contributed by atoms with E-state index in [0.29, 0.717) is 19.3 Å². The first-order valence-corrected chi connectivity index (χ1v) is 8.24. The first kappa shape index (κ1) is 18.1. The van der Waals surface area contributed by atoms with E-state index in [1.54, 1.807) is 6.08 Å². The van der Waals surface area contributed by atoms with E-state index >= 15 is 0 Å². The van der Waals surface area contributed by atoms with Gasteiger partial charge in [0, 0.05) is 24.5 Å². The van der Waals surface area contributed by atoms with E-state index in [-0.39, 0.29) is 24.1 Å². The van der Waals surface area contributed by atoms with Crippen LogP contribution in [0, 0.1) is 6.92 Å². The van der Waals surface area contributed by atoms with Crippen LogP contribution in [0.1, 0.15) is 42.1 Å². The summed E-state index contributed by atoms with van der Waals surface area (Å²) in [5.74, 6) is -0.285. The highest BCUT2D eigenvalue weighted by Crippen LogP contribution is 2.26. The summed E-state index contributed by atoms with van der Waals surface area (Å²) in [5.41, 5.74) is 1.86. The van der Waals surface area contributed by atoms with Crippen molar-refractivity contribution < 1.29 is 19.1 Å². The molecule has 3 atom stereocenters. The standard InChI is InChI=1S/C20H24O4/c1-4-5-6-20(22)24-19-13-17(23-15(19)3)11-12-18(21)16-9-7-14(2)8-10-16/h4-10,15,17,19H,1,11-13H2,2-3H3/b6-5-. The Bertz CT molecular complexity index is 615. The lowest BCUT2D eigenvalue weighted by atomic mass is 10.0. The quantitative estimate of drug-likeness (QED) is 0.331. The van der Waals surface area contributed by atoms with E-state index in [9.17, 15) is 9.59 Å². The molecule has 1 aliphatic rings. The molecule has 1 aromatic rings. The lowest BCUT2D eigenvalue weighted by molar-refractivity contribution is -0.145. The molecule has 1 heterocycles. The van der Waals surface area contributed by atoms with Crippen molar-refractivity contribution >= 4 is 11.8 Å². The van der Waals surface area contributed by atoms with Gasteiger partial charge in [0.2, 0.25) is 0 Å². The monoisotopic (exact) mass is 328 g/mol. The second-order valence-electron chi connectivity index (χ2n) is 6.10. The summed E-state index contributed by atoms with van der Waals surface area (Å²) in [6, 6.07) is 7.58. The van der Waals surface area contributed by atoms with E-state index in [1.165, 1.54) is 12.2 Å². The maximum atomic E-state index is 12.2. The molecular weight excluding hydrogens is 304 g/mol. The zero-order valence-electron chi connectivity index (χ0n) is 14.2. The van der Waals surface area contributed by atoms with Gasteiger partial charge in [-0.25, -0.2) is 4.79 Å². The molecule has 128 valence electrons. The molecule has 0 bridgehead atoms. The molecule has 4 nitrogen and oxygen atoms in total. The van der Waals surface area contributed by atoms with Crippen molar-refractivity contribution in [3.63, 3.8) is 0 Å². The average Bonchev–Trinajstić information content (AvgIpc) is 2.91. The minimum atomic E-state index is -0.397. The van der Waals surface area contributed by atoms with Gasteiger partial charge in [0.1, 0.15) is 6.10 Å². The SMILES string of the molecule is C=C/C=C\C(=O)OC1CC(CCC(=O)c2ccc(C)cc2)OC1C. The van der Waals surface area contributed by atoms with Crippen molar-refractivity contribution in [1.29, 1.82) is 0 Å².